The van der Waals surface area contributed by atoms with Crippen molar-refractivity contribution >= 4 is 27.7 Å². The first-order valence-corrected chi connectivity index (χ1v) is 7.92. The zero-order valence-electron chi connectivity index (χ0n) is 12.9. The maximum Gasteiger partial charge on any atom is 0.251 e. The quantitative estimate of drug-likeness (QED) is 0.791. The van der Waals surface area contributed by atoms with Crippen molar-refractivity contribution in [2.24, 2.45) is 0 Å². The molecule has 0 fully saturated rings. The van der Waals surface area contributed by atoms with E-state index in [4.69, 9.17) is 4.74 Å². The van der Waals surface area contributed by atoms with Crippen LogP contribution in [0.1, 0.15) is 15.9 Å². The van der Waals surface area contributed by atoms with Gasteiger partial charge in [0.2, 0.25) is 5.91 Å². The van der Waals surface area contributed by atoms with Gasteiger partial charge < -0.3 is 15.4 Å². The molecule has 0 heterocycles. The number of benzene rings is 2. The Labute approximate surface area is 147 Å². The number of hydrogen-bond donors (Lipinski definition) is 2. The Kier molecular flexibility index (Phi) is 6.31. The van der Waals surface area contributed by atoms with Gasteiger partial charge >= 0.3 is 0 Å². The maximum absolute atomic E-state index is 12.8. The first-order chi connectivity index (χ1) is 11.5. The highest BCUT2D eigenvalue weighted by molar-refractivity contribution is 9.10. The van der Waals surface area contributed by atoms with Crippen LogP contribution in [0.2, 0.25) is 0 Å². The summed E-state index contributed by atoms with van der Waals surface area (Å²) < 4.78 is 18.9. The number of rotatable bonds is 6. The summed E-state index contributed by atoms with van der Waals surface area (Å²) in [6.07, 6.45) is 0. The van der Waals surface area contributed by atoms with Gasteiger partial charge in [0.1, 0.15) is 11.6 Å². The predicted octanol–water partition coefficient (Wildman–Crippen LogP) is 2.64. The van der Waals surface area contributed by atoms with Gasteiger partial charge in [-0.2, -0.15) is 0 Å². The molecule has 126 valence electrons. The summed E-state index contributed by atoms with van der Waals surface area (Å²) in [4.78, 5) is 23.7. The number of methoxy groups -OCH3 is 1. The number of nitrogens with one attached hydrogen (secondary N) is 2. The van der Waals surface area contributed by atoms with Gasteiger partial charge in [-0.05, 0) is 42.5 Å². The molecule has 0 saturated carbocycles. The van der Waals surface area contributed by atoms with E-state index in [9.17, 15) is 14.0 Å². The SMILES string of the molecule is COc1ccc(Br)cc1CNC(=O)CNC(=O)c1ccc(F)cc1. The molecule has 2 aromatic rings. The Bertz CT molecular complexity index is 735. The van der Waals surface area contributed by atoms with Crippen LogP contribution >= 0.6 is 15.9 Å². The van der Waals surface area contributed by atoms with Gasteiger partial charge in [-0.1, -0.05) is 15.9 Å². The molecule has 0 aliphatic carbocycles. The van der Waals surface area contributed by atoms with E-state index in [0.717, 1.165) is 10.0 Å². The fraction of sp³-hybridized carbons (Fsp3) is 0.176. The van der Waals surface area contributed by atoms with Crippen LogP contribution in [0.4, 0.5) is 4.39 Å². The normalized spacial score (nSPS) is 10.1. The van der Waals surface area contributed by atoms with Crippen LogP contribution in [0.5, 0.6) is 5.75 Å². The molecule has 2 rings (SSSR count). The van der Waals surface area contributed by atoms with Crippen LogP contribution in [0.15, 0.2) is 46.9 Å². The Morgan fingerprint density at radius 2 is 1.83 bits per heavy atom. The van der Waals surface area contributed by atoms with Crippen LogP contribution in [0.3, 0.4) is 0 Å². The number of ether oxygens (including phenoxy) is 1. The monoisotopic (exact) mass is 394 g/mol. The lowest BCUT2D eigenvalue weighted by Crippen LogP contribution is -2.36. The van der Waals surface area contributed by atoms with Crippen LogP contribution in [-0.4, -0.2) is 25.5 Å². The molecule has 0 radical (unpaired) electrons. The second kappa shape index (κ2) is 8.44. The summed E-state index contributed by atoms with van der Waals surface area (Å²) in [7, 11) is 1.55. The Morgan fingerprint density at radius 3 is 2.50 bits per heavy atom. The fourth-order valence-electron chi connectivity index (χ4n) is 2.01. The molecular weight excluding hydrogens is 379 g/mol. The van der Waals surface area contributed by atoms with Crippen molar-refractivity contribution in [3.8, 4) is 5.75 Å². The number of carbonyl (C=O) groups excluding carboxylic acids is 2. The third-order valence-corrected chi connectivity index (χ3v) is 3.73. The summed E-state index contributed by atoms with van der Waals surface area (Å²) in [5.41, 5.74) is 1.10. The summed E-state index contributed by atoms with van der Waals surface area (Å²) >= 11 is 3.36. The zero-order valence-corrected chi connectivity index (χ0v) is 14.5. The molecule has 2 amide bonds. The predicted molar refractivity (Wildman–Crippen MR) is 91.3 cm³/mol. The second-order valence-corrected chi connectivity index (χ2v) is 5.84. The topological polar surface area (TPSA) is 67.4 Å². The summed E-state index contributed by atoms with van der Waals surface area (Å²) in [5, 5.41) is 5.18. The zero-order chi connectivity index (χ0) is 17.5. The highest BCUT2D eigenvalue weighted by Crippen LogP contribution is 2.22. The van der Waals surface area contributed by atoms with Crippen LogP contribution < -0.4 is 15.4 Å². The number of amides is 2. The van der Waals surface area contributed by atoms with Crippen LogP contribution in [0.25, 0.3) is 0 Å². The van der Waals surface area contributed by atoms with E-state index in [1.54, 1.807) is 13.2 Å². The third kappa shape index (κ3) is 5.06. The van der Waals surface area contributed by atoms with E-state index < -0.39 is 11.7 Å². The van der Waals surface area contributed by atoms with Crippen LogP contribution in [-0.2, 0) is 11.3 Å². The number of halogens is 2. The lowest BCUT2D eigenvalue weighted by Gasteiger charge is -2.11. The third-order valence-electron chi connectivity index (χ3n) is 3.23. The molecule has 0 atom stereocenters. The van der Waals surface area contributed by atoms with E-state index in [1.165, 1.54) is 24.3 Å². The molecule has 5 nitrogen and oxygen atoms in total. The molecule has 2 aromatic carbocycles. The summed E-state index contributed by atoms with van der Waals surface area (Å²) in [6.45, 7) is 0.0976. The highest BCUT2D eigenvalue weighted by Gasteiger charge is 2.09. The van der Waals surface area contributed by atoms with Crippen molar-refractivity contribution in [3.63, 3.8) is 0 Å². The molecule has 0 spiro atoms. The van der Waals surface area contributed by atoms with Crippen molar-refractivity contribution in [1.82, 2.24) is 10.6 Å². The Morgan fingerprint density at radius 1 is 1.12 bits per heavy atom. The van der Waals surface area contributed by atoms with Gasteiger partial charge in [0.15, 0.2) is 0 Å². The van der Waals surface area contributed by atoms with Gasteiger partial charge in [0, 0.05) is 22.1 Å². The van der Waals surface area contributed by atoms with E-state index in [0.29, 0.717) is 5.75 Å². The lowest BCUT2D eigenvalue weighted by molar-refractivity contribution is -0.120. The number of hydrogen-bond acceptors (Lipinski definition) is 3. The van der Waals surface area contributed by atoms with Gasteiger partial charge in [-0.25, -0.2) is 4.39 Å². The highest BCUT2D eigenvalue weighted by atomic mass is 79.9. The standard InChI is InChI=1S/C17H16BrFN2O3/c1-24-15-7-4-13(18)8-12(15)9-20-16(22)10-21-17(23)11-2-5-14(19)6-3-11/h2-8H,9-10H2,1H3,(H,20,22)(H,21,23). The molecule has 2 N–H and O–H groups in total. The van der Waals surface area contributed by atoms with Gasteiger partial charge in [0.25, 0.3) is 5.91 Å². The average Bonchev–Trinajstić information content (AvgIpc) is 2.58. The van der Waals surface area contributed by atoms with Crippen molar-refractivity contribution in [2.45, 2.75) is 6.54 Å². The summed E-state index contributed by atoms with van der Waals surface area (Å²) in [6, 6.07) is 10.6. The Balaban J connectivity index is 1.84. The summed E-state index contributed by atoms with van der Waals surface area (Å²) in [5.74, 6) is -0.543. The van der Waals surface area contributed by atoms with Crippen molar-refractivity contribution < 1.29 is 18.7 Å². The Hall–Kier alpha value is -2.41. The molecule has 0 bridgehead atoms. The molecule has 7 heteroatoms. The van der Waals surface area contributed by atoms with E-state index >= 15 is 0 Å². The largest absolute Gasteiger partial charge is 0.496 e. The fourth-order valence-corrected chi connectivity index (χ4v) is 2.41. The molecule has 24 heavy (non-hydrogen) atoms. The lowest BCUT2D eigenvalue weighted by atomic mass is 10.2. The first kappa shape index (κ1) is 17.9. The average molecular weight is 395 g/mol. The molecule has 0 aromatic heterocycles. The van der Waals surface area contributed by atoms with E-state index in [1.807, 2.05) is 12.1 Å². The molecule has 0 unspecified atom stereocenters. The molecule has 0 aliphatic heterocycles. The van der Waals surface area contributed by atoms with Crippen molar-refractivity contribution in [2.75, 3.05) is 13.7 Å². The smallest absolute Gasteiger partial charge is 0.251 e. The maximum atomic E-state index is 12.8. The first-order valence-electron chi connectivity index (χ1n) is 7.12. The minimum atomic E-state index is -0.440. The van der Waals surface area contributed by atoms with E-state index in [-0.39, 0.29) is 24.6 Å². The van der Waals surface area contributed by atoms with E-state index in [2.05, 4.69) is 26.6 Å². The van der Waals surface area contributed by atoms with Gasteiger partial charge in [0.05, 0.1) is 13.7 Å². The van der Waals surface area contributed by atoms with Crippen molar-refractivity contribution in [1.29, 1.82) is 0 Å². The van der Waals surface area contributed by atoms with Gasteiger partial charge in [-0.15, -0.1) is 0 Å². The molecule has 0 saturated heterocycles. The van der Waals surface area contributed by atoms with Crippen LogP contribution in [0, 0.1) is 5.82 Å². The second-order valence-electron chi connectivity index (χ2n) is 4.92. The molecule has 0 aliphatic rings. The minimum absolute atomic E-state index is 0.174. The minimum Gasteiger partial charge on any atom is -0.496 e. The van der Waals surface area contributed by atoms with Gasteiger partial charge in [-0.3, -0.25) is 9.59 Å². The van der Waals surface area contributed by atoms with Crippen molar-refractivity contribution in [3.05, 3.63) is 63.9 Å². The molecular formula is C17H16BrFN2O3. The number of carbonyl (C=O) groups is 2.